The van der Waals surface area contributed by atoms with Crippen LogP contribution >= 0.6 is 0 Å². The third kappa shape index (κ3) is 4.29. The zero-order valence-corrected chi connectivity index (χ0v) is 11.9. The van der Waals surface area contributed by atoms with E-state index in [4.69, 9.17) is 10.00 Å². The molecule has 0 radical (unpaired) electrons. The molecule has 4 nitrogen and oxygen atoms in total. The minimum atomic E-state index is -0.147. The van der Waals surface area contributed by atoms with Gasteiger partial charge >= 0.3 is 0 Å². The number of carbonyl (C=O) groups is 1. The van der Waals surface area contributed by atoms with Crippen molar-refractivity contribution in [3.8, 4) is 11.8 Å². The number of ether oxygens (including phenoxy) is 1. The summed E-state index contributed by atoms with van der Waals surface area (Å²) >= 11 is 0. The number of amides is 1. The topological polar surface area (TPSA) is 53.3 Å². The van der Waals surface area contributed by atoms with Crippen LogP contribution in [0.25, 0.3) is 0 Å². The Bertz CT molecular complexity index is 475. The van der Waals surface area contributed by atoms with E-state index in [2.05, 4.69) is 0 Å². The number of rotatable bonds is 5. The largest absolute Gasteiger partial charge is 0.491 e. The molecule has 1 rings (SSSR count). The zero-order chi connectivity index (χ0) is 14.4. The van der Waals surface area contributed by atoms with E-state index in [1.54, 1.807) is 18.2 Å². The normalized spacial score (nSPS) is 10.4. The van der Waals surface area contributed by atoms with Gasteiger partial charge in [-0.25, -0.2) is 0 Å². The smallest absolute Gasteiger partial charge is 0.255 e. The highest BCUT2D eigenvalue weighted by atomic mass is 16.5. The van der Waals surface area contributed by atoms with E-state index in [9.17, 15) is 4.79 Å². The Hall–Kier alpha value is -2.02. The van der Waals surface area contributed by atoms with E-state index in [0.717, 1.165) is 0 Å². The molecule has 0 aliphatic rings. The monoisotopic (exact) mass is 260 g/mol. The lowest BCUT2D eigenvalue weighted by Gasteiger charge is -2.24. The molecule has 0 bridgehead atoms. The Morgan fingerprint density at radius 1 is 1.37 bits per heavy atom. The zero-order valence-electron chi connectivity index (χ0n) is 11.9. The molecule has 0 aliphatic carbocycles. The number of hydrogen-bond acceptors (Lipinski definition) is 3. The first kappa shape index (κ1) is 15.0. The van der Waals surface area contributed by atoms with Crippen LogP contribution in [0, 0.1) is 11.3 Å². The fourth-order valence-corrected chi connectivity index (χ4v) is 1.71. The summed E-state index contributed by atoms with van der Waals surface area (Å²) < 4.78 is 5.57. The molecule has 19 heavy (non-hydrogen) atoms. The van der Waals surface area contributed by atoms with Crippen LogP contribution in [0.4, 0.5) is 0 Å². The summed E-state index contributed by atoms with van der Waals surface area (Å²) in [5.74, 6) is 0.521. The highest BCUT2D eigenvalue weighted by molar-refractivity contribution is 5.94. The van der Waals surface area contributed by atoms with Crippen molar-refractivity contribution < 1.29 is 9.53 Å². The van der Waals surface area contributed by atoms with Gasteiger partial charge in [-0.15, -0.1) is 0 Å². The molecule has 0 unspecified atom stereocenters. The van der Waals surface area contributed by atoms with Gasteiger partial charge in [0.05, 0.1) is 12.2 Å². The maximum atomic E-state index is 12.3. The summed E-state index contributed by atoms with van der Waals surface area (Å²) in [5, 5.41) is 8.79. The van der Waals surface area contributed by atoms with Crippen molar-refractivity contribution in [3.63, 3.8) is 0 Å². The van der Waals surface area contributed by atoms with Crippen LogP contribution in [0.3, 0.4) is 0 Å². The lowest BCUT2D eigenvalue weighted by molar-refractivity contribution is 0.0730. The second-order valence-electron chi connectivity index (χ2n) is 4.88. The molecule has 0 saturated carbocycles. The number of benzene rings is 1. The quantitative estimate of drug-likeness (QED) is 0.765. The molecule has 0 N–H and O–H groups in total. The minimum absolute atomic E-state index is 0.0122. The van der Waals surface area contributed by atoms with Crippen LogP contribution in [0.15, 0.2) is 24.3 Å². The van der Waals surface area contributed by atoms with Gasteiger partial charge in [-0.05, 0) is 45.9 Å². The summed E-state index contributed by atoms with van der Waals surface area (Å²) in [7, 11) is 0. The molecule has 4 heteroatoms. The molecule has 1 aromatic carbocycles. The van der Waals surface area contributed by atoms with Gasteiger partial charge in [0, 0.05) is 11.6 Å². The van der Waals surface area contributed by atoms with Crippen molar-refractivity contribution in [2.75, 3.05) is 6.54 Å². The molecule has 0 fully saturated rings. The summed E-state index contributed by atoms with van der Waals surface area (Å²) in [6, 6.07) is 9.07. The number of nitrogens with zero attached hydrogens (tertiary/aromatic N) is 2. The van der Waals surface area contributed by atoms with Crippen molar-refractivity contribution in [1.29, 1.82) is 5.26 Å². The maximum absolute atomic E-state index is 12.3. The van der Waals surface area contributed by atoms with E-state index in [1.165, 1.54) is 4.90 Å². The summed E-state index contributed by atoms with van der Waals surface area (Å²) in [4.78, 5) is 13.9. The highest BCUT2D eigenvalue weighted by Crippen LogP contribution is 2.17. The fourth-order valence-electron chi connectivity index (χ4n) is 1.71. The molecule has 0 heterocycles. The third-order valence-electron chi connectivity index (χ3n) is 2.58. The van der Waals surface area contributed by atoms with Crippen molar-refractivity contribution in [3.05, 3.63) is 29.8 Å². The third-order valence-corrected chi connectivity index (χ3v) is 2.58. The molecule has 0 spiro atoms. The minimum Gasteiger partial charge on any atom is -0.491 e. The van der Waals surface area contributed by atoms with E-state index < -0.39 is 0 Å². The predicted molar refractivity (Wildman–Crippen MR) is 74.0 cm³/mol. The average molecular weight is 260 g/mol. The number of carbonyl (C=O) groups excluding carboxylic acids is 1. The van der Waals surface area contributed by atoms with Gasteiger partial charge in [-0.2, -0.15) is 5.26 Å². The summed E-state index contributed by atoms with van der Waals surface area (Å²) in [6.07, 6.45) is 0.0608. The van der Waals surface area contributed by atoms with Gasteiger partial charge in [-0.1, -0.05) is 6.07 Å². The molecule has 0 saturated heterocycles. The molecule has 1 amide bonds. The first-order chi connectivity index (χ1) is 8.95. The van der Waals surface area contributed by atoms with Crippen LogP contribution in [-0.4, -0.2) is 29.5 Å². The number of nitriles is 1. The average Bonchev–Trinajstić information content (AvgIpc) is 2.34. The van der Waals surface area contributed by atoms with Crippen molar-refractivity contribution in [1.82, 2.24) is 4.90 Å². The van der Waals surface area contributed by atoms with Crippen LogP contribution in [-0.2, 0) is 0 Å². The van der Waals surface area contributed by atoms with Crippen molar-refractivity contribution in [2.45, 2.75) is 39.8 Å². The molecule has 1 aromatic rings. The van der Waals surface area contributed by atoms with Gasteiger partial charge in [-0.3, -0.25) is 4.79 Å². The molecular formula is C15H20N2O2. The van der Waals surface area contributed by atoms with Crippen molar-refractivity contribution >= 4 is 5.91 Å². The van der Waals surface area contributed by atoms with E-state index in [1.807, 2.05) is 39.8 Å². The van der Waals surface area contributed by atoms with E-state index in [0.29, 0.717) is 11.3 Å². The standard InChI is InChI=1S/C15H20N2O2/c1-11(2)17(9-8-16)15(18)13-6-5-7-14(10-13)19-12(3)4/h5-7,10-12H,9H2,1-4H3. The lowest BCUT2D eigenvalue weighted by Crippen LogP contribution is -2.37. The summed E-state index contributed by atoms with van der Waals surface area (Å²) in [6.45, 7) is 7.74. The molecule has 102 valence electrons. The highest BCUT2D eigenvalue weighted by Gasteiger charge is 2.18. The second kappa shape index (κ2) is 6.79. The van der Waals surface area contributed by atoms with Crippen LogP contribution in [0.5, 0.6) is 5.75 Å². The van der Waals surface area contributed by atoms with E-state index in [-0.39, 0.29) is 24.6 Å². The maximum Gasteiger partial charge on any atom is 0.255 e. The Labute approximate surface area is 114 Å². The first-order valence-corrected chi connectivity index (χ1v) is 6.40. The second-order valence-corrected chi connectivity index (χ2v) is 4.88. The van der Waals surface area contributed by atoms with Crippen LogP contribution in [0.2, 0.25) is 0 Å². The molecule has 0 aliphatic heterocycles. The Morgan fingerprint density at radius 3 is 2.58 bits per heavy atom. The fraction of sp³-hybridized carbons (Fsp3) is 0.467. The first-order valence-electron chi connectivity index (χ1n) is 6.40. The molecule has 0 atom stereocenters. The van der Waals surface area contributed by atoms with Gasteiger partial charge in [0.25, 0.3) is 5.91 Å². The van der Waals surface area contributed by atoms with E-state index >= 15 is 0 Å². The van der Waals surface area contributed by atoms with Gasteiger partial charge in [0.2, 0.25) is 0 Å². The SMILES string of the molecule is CC(C)Oc1cccc(C(=O)N(CC#N)C(C)C)c1. The summed E-state index contributed by atoms with van der Waals surface area (Å²) in [5.41, 5.74) is 0.544. The van der Waals surface area contributed by atoms with Crippen LogP contribution < -0.4 is 4.74 Å². The lowest BCUT2D eigenvalue weighted by atomic mass is 10.1. The Morgan fingerprint density at radius 2 is 2.05 bits per heavy atom. The predicted octanol–water partition coefficient (Wildman–Crippen LogP) is 2.85. The van der Waals surface area contributed by atoms with Gasteiger partial charge in [0.15, 0.2) is 0 Å². The van der Waals surface area contributed by atoms with Gasteiger partial charge < -0.3 is 9.64 Å². The Balaban J connectivity index is 2.95. The van der Waals surface area contributed by atoms with Crippen molar-refractivity contribution in [2.24, 2.45) is 0 Å². The molecular weight excluding hydrogens is 240 g/mol. The Kier molecular flexibility index (Phi) is 5.37. The molecule has 0 aromatic heterocycles. The van der Waals surface area contributed by atoms with Crippen LogP contribution in [0.1, 0.15) is 38.1 Å². The van der Waals surface area contributed by atoms with Gasteiger partial charge in [0.1, 0.15) is 12.3 Å². The number of hydrogen-bond donors (Lipinski definition) is 0.